The normalized spacial score (nSPS) is 12.2. The summed E-state index contributed by atoms with van der Waals surface area (Å²) in [5.41, 5.74) is 4.45. The van der Waals surface area contributed by atoms with Crippen LogP contribution in [0.5, 0.6) is 11.5 Å². The molecule has 0 unspecified atom stereocenters. The summed E-state index contributed by atoms with van der Waals surface area (Å²) < 4.78 is 30.8. The van der Waals surface area contributed by atoms with E-state index in [1.807, 2.05) is 38.1 Å². The first kappa shape index (κ1) is 27.0. The molecule has 0 bridgehead atoms. The van der Waals surface area contributed by atoms with E-state index >= 15 is 0 Å². The van der Waals surface area contributed by atoms with Gasteiger partial charge in [0.25, 0.3) is 0 Å². The Morgan fingerprint density at radius 2 is 1.67 bits per heavy atom. The van der Waals surface area contributed by atoms with Crippen molar-refractivity contribution in [2.24, 2.45) is 0 Å². The highest BCUT2D eigenvalue weighted by atomic mass is 32.2. The van der Waals surface area contributed by atoms with E-state index in [0.717, 1.165) is 28.5 Å². The Labute approximate surface area is 210 Å². The predicted octanol–water partition coefficient (Wildman–Crippen LogP) is 3.45. The maximum atomic E-state index is 11.4. The molecule has 0 fully saturated rings. The topological polar surface area (TPSA) is 145 Å². The molecule has 3 aromatic rings. The number of phenols is 1. The molecule has 3 rings (SSSR count). The molecule has 9 nitrogen and oxygen atoms in total. The minimum atomic E-state index is -3.57. The highest BCUT2D eigenvalue weighted by Gasteiger charge is 2.13. The number of nitrogens with one attached hydrogen (secondary N) is 2. The van der Waals surface area contributed by atoms with Gasteiger partial charge in [-0.2, -0.15) is 0 Å². The van der Waals surface area contributed by atoms with Gasteiger partial charge >= 0.3 is 5.97 Å². The molecule has 0 aromatic heterocycles. The van der Waals surface area contributed by atoms with Crippen molar-refractivity contribution in [2.75, 3.05) is 30.7 Å². The summed E-state index contributed by atoms with van der Waals surface area (Å²) in [5.74, 6) is -0.505. The van der Waals surface area contributed by atoms with E-state index in [0.29, 0.717) is 24.5 Å². The van der Waals surface area contributed by atoms with Gasteiger partial charge in [-0.1, -0.05) is 18.2 Å². The van der Waals surface area contributed by atoms with Crippen LogP contribution in [-0.4, -0.2) is 55.7 Å². The quantitative estimate of drug-likeness (QED) is 0.193. The molecule has 0 radical (unpaired) electrons. The van der Waals surface area contributed by atoms with E-state index in [2.05, 4.69) is 10.0 Å². The van der Waals surface area contributed by atoms with Crippen molar-refractivity contribution in [3.63, 3.8) is 0 Å². The molecular formula is C26H30N2O7S. The van der Waals surface area contributed by atoms with Crippen LogP contribution in [0.3, 0.4) is 0 Å². The molecule has 0 aliphatic heterocycles. The van der Waals surface area contributed by atoms with Crippen molar-refractivity contribution in [1.82, 2.24) is 5.32 Å². The number of hydrogen-bond donors (Lipinski definition) is 5. The Morgan fingerprint density at radius 1 is 1.03 bits per heavy atom. The zero-order valence-electron chi connectivity index (χ0n) is 20.3. The second kappa shape index (κ2) is 11.4. The van der Waals surface area contributed by atoms with Crippen molar-refractivity contribution in [2.45, 2.75) is 20.0 Å². The molecule has 0 aliphatic carbocycles. The van der Waals surface area contributed by atoms with E-state index in [4.69, 9.17) is 4.74 Å². The Balaban J connectivity index is 1.51. The molecule has 3 aromatic carbocycles. The molecule has 0 heterocycles. The summed E-state index contributed by atoms with van der Waals surface area (Å²) in [5, 5.41) is 32.5. The average molecular weight is 515 g/mol. The number of rotatable bonds is 11. The Kier molecular flexibility index (Phi) is 8.57. The van der Waals surface area contributed by atoms with E-state index in [1.54, 1.807) is 12.1 Å². The van der Waals surface area contributed by atoms with Gasteiger partial charge in [-0.3, -0.25) is 4.72 Å². The number of benzene rings is 3. The first-order chi connectivity index (χ1) is 16.9. The number of carbonyl (C=O) groups is 1. The van der Waals surface area contributed by atoms with Gasteiger partial charge in [0.2, 0.25) is 10.0 Å². The van der Waals surface area contributed by atoms with Crippen LogP contribution < -0.4 is 14.8 Å². The number of aryl methyl sites for hydroxylation is 2. The third-order valence-electron chi connectivity index (χ3n) is 5.51. The van der Waals surface area contributed by atoms with Crippen LogP contribution in [0.2, 0.25) is 0 Å². The minimum Gasteiger partial charge on any atom is -0.506 e. The number of aromatic hydroxyl groups is 1. The maximum Gasteiger partial charge on any atom is 0.335 e. The summed E-state index contributed by atoms with van der Waals surface area (Å²) in [7, 11) is -3.57. The number of aliphatic hydroxyl groups is 1. The van der Waals surface area contributed by atoms with Crippen LogP contribution in [0.4, 0.5) is 5.69 Å². The summed E-state index contributed by atoms with van der Waals surface area (Å²) >= 11 is 0. The number of ether oxygens (including phenoxy) is 1. The van der Waals surface area contributed by atoms with E-state index in [1.165, 1.54) is 18.2 Å². The highest BCUT2D eigenvalue weighted by Crippen LogP contribution is 2.30. The predicted molar refractivity (Wildman–Crippen MR) is 138 cm³/mol. The van der Waals surface area contributed by atoms with Crippen LogP contribution in [0.15, 0.2) is 54.6 Å². The van der Waals surface area contributed by atoms with Crippen LogP contribution in [-0.2, 0) is 10.0 Å². The van der Waals surface area contributed by atoms with Crippen LogP contribution in [0.1, 0.15) is 33.2 Å². The SMILES string of the molecule is Cc1cc(C(=O)O)cc(C)c1-c1ccc(OCCNC[C@H](O)c2ccc(O)c(NS(C)(=O)=O)c2)cc1. The molecule has 192 valence electrons. The van der Waals surface area contributed by atoms with Crippen LogP contribution in [0.25, 0.3) is 11.1 Å². The number of hydrogen-bond acceptors (Lipinski definition) is 7. The lowest BCUT2D eigenvalue weighted by Crippen LogP contribution is -2.26. The highest BCUT2D eigenvalue weighted by molar-refractivity contribution is 7.92. The lowest BCUT2D eigenvalue weighted by molar-refractivity contribution is 0.0696. The van der Waals surface area contributed by atoms with Gasteiger partial charge in [-0.05, 0) is 78.1 Å². The van der Waals surface area contributed by atoms with Gasteiger partial charge < -0.3 is 25.4 Å². The molecule has 1 atom stereocenters. The maximum absolute atomic E-state index is 11.4. The van der Waals surface area contributed by atoms with Gasteiger partial charge in [0.15, 0.2) is 0 Å². The van der Waals surface area contributed by atoms with Crippen molar-refractivity contribution < 1.29 is 33.3 Å². The summed E-state index contributed by atoms with van der Waals surface area (Å²) in [6.45, 7) is 4.80. The zero-order valence-corrected chi connectivity index (χ0v) is 21.1. The van der Waals surface area contributed by atoms with Crippen molar-refractivity contribution in [3.05, 3.63) is 76.9 Å². The monoisotopic (exact) mass is 514 g/mol. The van der Waals surface area contributed by atoms with Crippen LogP contribution >= 0.6 is 0 Å². The molecule has 36 heavy (non-hydrogen) atoms. The fourth-order valence-electron chi connectivity index (χ4n) is 3.90. The van der Waals surface area contributed by atoms with Crippen molar-refractivity contribution in [1.29, 1.82) is 0 Å². The first-order valence-corrected chi connectivity index (χ1v) is 13.1. The van der Waals surface area contributed by atoms with Gasteiger partial charge in [0.1, 0.15) is 18.1 Å². The second-order valence-electron chi connectivity index (χ2n) is 8.53. The van der Waals surface area contributed by atoms with Gasteiger partial charge in [-0.15, -0.1) is 0 Å². The number of aliphatic hydroxyl groups excluding tert-OH is 1. The van der Waals surface area contributed by atoms with Gasteiger partial charge in [0, 0.05) is 13.1 Å². The number of phenolic OH excluding ortho intramolecular Hbond substituents is 1. The smallest absolute Gasteiger partial charge is 0.335 e. The number of sulfonamides is 1. The van der Waals surface area contributed by atoms with Gasteiger partial charge in [0.05, 0.1) is 23.6 Å². The fourth-order valence-corrected chi connectivity index (χ4v) is 4.46. The molecular weight excluding hydrogens is 484 g/mol. The van der Waals surface area contributed by atoms with E-state index in [9.17, 15) is 28.5 Å². The first-order valence-electron chi connectivity index (χ1n) is 11.2. The minimum absolute atomic E-state index is 0.00375. The third-order valence-corrected chi connectivity index (χ3v) is 6.10. The number of anilines is 1. The van der Waals surface area contributed by atoms with E-state index in [-0.39, 0.29) is 23.5 Å². The summed E-state index contributed by atoms with van der Waals surface area (Å²) in [6.07, 6.45) is 0.0644. The largest absolute Gasteiger partial charge is 0.506 e. The van der Waals surface area contributed by atoms with Crippen molar-refractivity contribution in [3.8, 4) is 22.6 Å². The molecule has 0 amide bonds. The summed E-state index contributed by atoms with van der Waals surface area (Å²) in [6, 6.07) is 15.1. The lowest BCUT2D eigenvalue weighted by Gasteiger charge is -2.15. The fraction of sp³-hybridized carbons (Fsp3) is 0.269. The number of carboxylic acid groups (broad SMARTS) is 1. The standard InChI is InChI=1S/C26H30N2O7S/c1-16-12-20(26(31)32)13-17(2)25(16)18-4-7-21(8-5-18)35-11-10-27-15-24(30)19-6-9-23(29)22(14-19)28-36(3,33)34/h4-9,12-14,24,27-30H,10-11,15H2,1-3H3,(H,31,32)/t24-/m0/s1. The van der Waals surface area contributed by atoms with Crippen molar-refractivity contribution >= 4 is 21.7 Å². The van der Waals surface area contributed by atoms with Gasteiger partial charge in [-0.25, -0.2) is 13.2 Å². The number of carboxylic acids is 1. The Bertz CT molecular complexity index is 1320. The average Bonchev–Trinajstić information content (AvgIpc) is 2.79. The zero-order chi connectivity index (χ0) is 26.5. The number of aromatic carboxylic acids is 1. The van der Waals surface area contributed by atoms with E-state index < -0.39 is 22.1 Å². The summed E-state index contributed by atoms with van der Waals surface area (Å²) in [4.78, 5) is 11.3. The molecule has 10 heteroatoms. The molecule has 0 aliphatic rings. The third kappa shape index (κ3) is 7.20. The molecule has 0 spiro atoms. The molecule has 0 saturated heterocycles. The Hall–Kier alpha value is -3.60. The van der Waals surface area contributed by atoms with Crippen LogP contribution in [0, 0.1) is 13.8 Å². The molecule has 0 saturated carbocycles. The molecule has 5 N–H and O–H groups in total. The second-order valence-corrected chi connectivity index (χ2v) is 10.3. The Morgan fingerprint density at radius 3 is 2.25 bits per heavy atom. The lowest BCUT2D eigenvalue weighted by atomic mass is 9.93.